The number of rotatable bonds is 3. The Morgan fingerprint density at radius 3 is 2.18 bits per heavy atom. The van der Waals surface area contributed by atoms with Crippen LogP contribution >= 0.6 is 22.6 Å². The van der Waals surface area contributed by atoms with E-state index in [4.69, 9.17) is 0 Å². The van der Waals surface area contributed by atoms with Crippen LogP contribution in [-0.2, 0) is 10.0 Å². The summed E-state index contributed by atoms with van der Waals surface area (Å²) in [6, 6.07) is 20.3. The lowest BCUT2D eigenvalue weighted by molar-refractivity contribution is 0.594. The lowest BCUT2D eigenvalue weighted by Gasteiger charge is -2.19. The van der Waals surface area contributed by atoms with Gasteiger partial charge < -0.3 is 0 Å². The normalized spacial score (nSPS) is 11.5. The van der Waals surface area contributed by atoms with E-state index in [9.17, 15) is 8.42 Å². The highest BCUT2D eigenvalue weighted by Crippen LogP contribution is 2.25. The van der Waals surface area contributed by atoms with Gasteiger partial charge in [-0.3, -0.25) is 4.31 Å². The largest absolute Gasteiger partial charge is 0.269 e. The van der Waals surface area contributed by atoms with E-state index < -0.39 is 10.0 Å². The molecule has 0 aromatic heterocycles. The third-order valence-corrected chi connectivity index (χ3v) is 6.07. The van der Waals surface area contributed by atoms with E-state index >= 15 is 0 Å². The van der Waals surface area contributed by atoms with Crippen molar-refractivity contribution in [1.82, 2.24) is 0 Å². The van der Waals surface area contributed by atoms with Crippen LogP contribution in [-0.4, -0.2) is 15.5 Å². The van der Waals surface area contributed by atoms with E-state index in [2.05, 4.69) is 22.6 Å². The molecule has 22 heavy (non-hydrogen) atoms. The highest BCUT2D eigenvalue weighted by atomic mass is 127. The Morgan fingerprint density at radius 1 is 0.864 bits per heavy atom. The molecule has 0 saturated carbocycles. The molecule has 3 rings (SSSR count). The zero-order chi connectivity index (χ0) is 15.7. The summed E-state index contributed by atoms with van der Waals surface area (Å²) >= 11 is 2.19. The molecule has 0 aliphatic carbocycles. The standard InChI is InChI=1S/C17H14INO2S/c1-19(16-9-7-15(18)8-10-16)22(20,21)17-11-6-13-4-2-3-5-14(13)12-17/h2-12H,1H3. The number of sulfonamides is 1. The Morgan fingerprint density at radius 2 is 1.50 bits per heavy atom. The Hall–Kier alpha value is -1.60. The molecule has 3 nitrogen and oxygen atoms in total. The van der Waals surface area contributed by atoms with Crippen LogP contribution in [0.2, 0.25) is 0 Å². The maximum atomic E-state index is 12.8. The van der Waals surface area contributed by atoms with Crippen molar-refractivity contribution in [2.24, 2.45) is 0 Å². The molecule has 0 radical (unpaired) electrons. The number of hydrogen-bond donors (Lipinski definition) is 0. The number of nitrogens with zero attached hydrogens (tertiary/aromatic N) is 1. The molecule has 0 heterocycles. The van der Waals surface area contributed by atoms with Crippen molar-refractivity contribution in [1.29, 1.82) is 0 Å². The maximum Gasteiger partial charge on any atom is 0.264 e. The van der Waals surface area contributed by atoms with Crippen LogP contribution in [0.5, 0.6) is 0 Å². The van der Waals surface area contributed by atoms with Crippen molar-refractivity contribution >= 4 is 49.1 Å². The van der Waals surface area contributed by atoms with Gasteiger partial charge in [-0.05, 0) is 69.8 Å². The van der Waals surface area contributed by atoms with Crippen LogP contribution in [0.15, 0.2) is 71.6 Å². The molecule has 0 saturated heterocycles. The molecule has 0 aliphatic rings. The predicted octanol–water partition coefficient (Wildman–Crippen LogP) is 4.27. The average Bonchev–Trinajstić information content (AvgIpc) is 2.54. The highest BCUT2D eigenvalue weighted by molar-refractivity contribution is 14.1. The first-order valence-electron chi connectivity index (χ1n) is 6.72. The van der Waals surface area contributed by atoms with E-state index in [-0.39, 0.29) is 0 Å². The molecule has 112 valence electrons. The lowest BCUT2D eigenvalue weighted by Crippen LogP contribution is -2.26. The molecular formula is C17H14INO2S. The molecule has 0 N–H and O–H groups in total. The number of benzene rings is 3. The van der Waals surface area contributed by atoms with E-state index in [1.54, 1.807) is 31.3 Å². The van der Waals surface area contributed by atoms with Crippen LogP contribution in [0, 0.1) is 3.57 Å². The van der Waals surface area contributed by atoms with Crippen molar-refractivity contribution in [3.63, 3.8) is 0 Å². The highest BCUT2D eigenvalue weighted by Gasteiger charge is 2.21. The Balaban J connectivity index is 2.05. The van der Waals surface area contributed by atoms with Crippen molar-refractivity contribution in [3.8, 4) is 0 Å². The summed E-state index contributed by atoms with van der Waals surface area (Å²) in [4.78, 5) is 0.298. The summed E-state index contributed by atoms with van der Waals surface area (Å²) in [6.45, 7) is 0. The molecule has 3 aromatic rings. The van der Waals surface area contributed by atoms with E-state index in [0.717, 1.165) is 14.3 Å². The Bertz CT molecular complexity index is 921. The van der Waals surface area contributed by atoms with E-state index in [0.29, 0.717) is 10.6 Å². The van der Waals surface area contributed by atoms with Crippen LogP contribution < -0.4 is 4.31 Å². The van der Waals surface area contributed by atoms with Crippen molar-refractivity contribution in [3.05, 3.63) is 70.3 Å². The molecular weight excluding hydrogens is 409 g/mol. The molecule has 3 aromatic carbocycles. The zero-order valence-corrected chi connectivity index (χ0v) is 14.9. The van der Waals surface area contributed by atoms with Gasteiger partial charge in [0.1, 0.15) is 0 Å². The van der Waals surface area contributed by atoms with Crippen LogP contribution in [0.25, 0.3) is 10.8 Å². The van der Waals surface area contributed by atoms with Crippen molar-refractivity contribution < 1.29 is 8.42 Å². The first-order valence-corrected chi connectivity index (χ1v) is 9.24. The summed E-state index contributed by atoms with van der Waals surface area (Å²) in [5.74, 6) is 0. The topological polar surface area (TPSA) is 37.4 Å². The van der Waals surface area contributed by atoms with Gasteiger partial charge in [0.05, 0.1) is 10.6 Å². The fourth-order valence-corrected chi connectivity index (χ4v) is 3.87. The van der Waals surface area contributed by atoms with Crippen LogP contribution in [0.3, 0.4) is 0 Å². The molecule has 0 unspecified atom stereocenters. The smallest absolute Gasteiger partial charge is 0.264 e. The molecule has 0 fully saturated rings. The Labute approximate surface area is 143 Å². The molecule has 0 spiro atoms. The molecule has 0 amide bonds. The van der Waals surface area contributed by atoms with Crippen LogP contribution in [0.4, 0.5) is 5.69 Å². The summed E-state index contributed by atoms with van der Waals surface area (Å²) in [5.41, 5.74) is 0.647. The van der Waals surface area contributed by atoms with Gasteiger partial charge in [0, 0.05) is 10.6 Å². The third-order valence-electron chi connectivity index (χ3n) is 3.57. The van der Waals surface area contributed by atoms with Gasteiger partial charge in [0.15, 0.2) is 0 Å². The second kappa shape index (κ2) is 5.89. The summed E-state index contributed by atoms with van der Waals surface area (Å²) < 4.78 is 28.0. The molecule has 0 aliphatic heterocycles. The van der Waals surface area contributed by atoms with Gasteiger partial charge in [-0.2, -0.15) is 0 Å². The fourth-order valence-electron chi connectivity index (χ4n) is 2.28. The number of anilines is 1. The second-order valence-corrected chi connectivity index (χ2v) is 8.17. The summed E-state index contributed by atoms with van der Waals surface area (Å²) in [7, 11) is -1.99. The molecule has 5 heteroatoms. The SMILES string of the molecule is CN(c1ccc(I)cc1)S(=O)(=O)c1ccc2ccccc2c1. The maximum absolute atomic E-state index is 12.8. The van der Waals surface area contributed by atoms with Gasteiger partial charge >= 0.3 is 0 Å². The molecule has 0 atom stereocenters. The minimum atomic E-state index is -3.57. The number of hydrogen-bond acceptors (Lipinski definition) is 2. The van der Waals surface area contributed by atoms with Gasteiger partial charge in [0.25, 0.3) is 10.0 Å². The van der Waals surface area contributed by atoms with E-state index in [1.165, 1.54) is 4.31 Å². The van der Waals surface area contributed by atoms with Gasteiger partial charge in [-0.1, -0.05) is 30.3 Å². The first-order chi connectivity index (χ1) is 10.5. The Kier molecular flexibility index (Phi) is 4.10. The van der Waals surface area contributed by atoms with Gasteiger partial charge in [0.2, 0.25) is 0 Å². The number of fused-ring (bicyclic) bond motifs is 1. The van der Waals surface area contributed by atoms with E-state index in [1.807, 2.05) is 42.5 Å². The lowest BCUT2D eigenvalue weighted by atomic mass is 10.1. The monoisotopic (exact) mass is 423 g/mol. The summed E-state index contributed by atoms with van der Waals surface area (Å²) in [6.07, 6.45) is 0. The third kappa shape index (κ3) is 2.83. The average molecular weight is 423 g/mol. The quantitative estimate of drug-likeness (QED) is 0.591. The second-order valence-electron chi connectivity index (χ2n) is 4.96. The van der Waals surface area contributed by atoms with Gasteiger partial charge in [-0.25, -0.2) is 8.42 Å². The van der Waals surface area contributed by atoms with Gasteiger partial charge in [-0.15, -0.1) is 0 Å². The zero-order valence-electron chi connectivity index (χ0n) is 11.9. The van der Waals surface area contributed by atoms with Crippen molar-refractivity contribution in [2.45, 2.75) is 4.90 Å². The fraction of sp³-hybridized carbons (Fsp3) is 0.0588. The predicted molar refractivity (Wildman–Crippen MR) is 98.7 cm³/mol. The number of halogens is 1. The minimum Gasteiger partial charge on any atom is -0.269 e. The minimum absolute atomic E-state index is 0.298. The molecule has 0 bridgehead atoms. The van der Waals surface area contributed by atoms with Crippen LogP contribution in [0.1, 0.15) is 0 Å². The summed E-state index contributed by atoms with van der Waals surface area (Å²) in [5, 5.41) is 1.94. The van der Waals surface area contributed by atoms with Crippen molar-refractivity contribution in [2.75, 3.05) is 11.4 Å². The first kappa shape index (κ1) is 15.3.